The molecule has 0 bridgehead atoms. The summed E-state index contributed by atoms with van der Waals surface area (Å²) < 4.78 is 0. The van der Waals surface area contributed by atoms with Gasteiger partial charge in [0.2, 0.25) is 23.6 Å². The predicted molar refractivity (Wildman–Crippen MR) is 152 cm³/mol. The molecule has 1 aromatic carbocycles. The molecule has 4 amide bonds. The summed E-state index contributed by atoms with van der Waals surface area (Å²) in [4.78, 5) is 77.5. The Balaban J connectivity index is 2.87. The highest BCUT2D eigenvalue weighted by atomic mass is 16.4. The number of nitrogens with zero attached hydrogens (tertiary/aromatic N) is 1. The third-order valence-electron chi connectivity index (χ3n) is 5.95. The summed E-state index contributed by atoms with van der Waals surface area (Å²) in [6.45, 7) is 2.95. The van der Waals surface area contributed by atoms with Crippen molar-refractivity contribution in [2.24, 2.45) is 28.1 Å². The van der Waals surface area contributed by atoms with Crippen LogP contribution in [-0.2, 0) is 35.2 Å². The third-order valence-corrected chi connectivity index (χ3v) is 5.95. The van der Waals surface area contributed by atoms with Crippen molar-refractivity contribution < 1.29 is 39.0 Å². The van der Waals surface area contributed by atoms with Crippen LogP contribution < -0.4 is 38.5 Å². The summed E-state index contributed by atoms with van der Waals surface area (Å²) in [5, 5.41) is 28.1. The quantitative estimate of drug-likeness (QED) is 0.0484. The summed E-state index contributed by atoms with van der Waals surface area (Å²) in [6.07, 6.45) is -0.529. The summed E-state index contributed by atoms with van der Waals surface area (Å²) >= 11 is 0. The van der Waals surface area contributed by atoms with E-state index in [1.54, 1.807) is 44.2 Å². The Morgan fingerprint density at radius 1 is 0.857 bits per heavy atom. The largest absolute Gasteiger partial charge is 0.481 e. The van der Waals surface area contributed by atoms with Gasteiger partial charge in [0, 0.05) is 13.0 Å². The van der Waals surface area contributed by atoms with Crippen LogP contribution >= 0.6 is 0 Å². The number of carbonyl (C=O) groups excluding carboxylic acids is 4. The lowest BCUT2D eigenvalue weighted by Gasteiger charge is -2.23. The van der Waals surface area contributed by atoms with E-state index in [2.05, 4.69) is 26.3 Å². The van der Waals surface area contributed by atoms with Crippen LogP contribution in [-0.4, -0.2) is 89.0 Å². The molecule has 232 valence electrons. The zero-order valence-electron chi connectivity index (χ0n) is 23.5. The minimum atomic E-state index is -1.64. The Kier molecular flexibility index (Phi) is 15.0. The van der Waals surface area contributed by atoms with Crippen molar-refractivity contribution in [2.45, 2.75) is 63.7 Å². The number of guanidine groups is 1. The maximum absolute atomic E-state index is 12.8. The summed E-state index contributed by atoms with van der Waals surface area (Å²) in [7, 11) is 0. The van der Waals surface area contributed by atoms with E-state index in [1.165, 1.54) is 0 Å². The van der Waals surface area contributed by atoms with Crippen LogP contribution in [0.3, 0.4) is 0 Å². The Bertz CT molecular complexity index is 1120. The third kappa shape index (κ3) is 13.6. The number of carbonyl (C=O) groups is 6. The molecular formula is C26H40N8O8. The molecule has 0 aromatic heterocycles. The molecule has 0 aliphatic heterocycles. The van der Waals surface area contributed by atoms with Gasteiger partial charge in [-0.1, -0.05) is 44.2 Å². The van der Waals surface area contributed by atoms with Gasteiger partial charge in [-0.2, -0.15) is 0 Å². The molecule has 42 heavy (non-hydrogen) atoms. The molecule has 12 N–H and O–H groups in total. The minimum absolute atomic E-state index is 0.0809. The van der Waals surface area contributed by atoms with Crippen LogP contribution in [0, 0.1) is 5.92 Å². The van der Waals surface area contributed by atoms with Crippen LogP contribution in [0.2, 0.25) is 0 Å². The van der Waals surface area contributed by atoms with Gasteiger partial charge in [-0.3, -0.25) is 29.0 Å². The van der Waals surface area contributed by atoms with Crippen LogP contribution in [0.15, 0.2) is 35.3 Å². The van der Waals surface area contributed by atoms with Gasteiger partial charge < -0.3 is 48.7 Å². The second kappa shape index (κ2) is 17.9. The van der Waals surface area contributed by atoms with E-state index in [9.17, 15) is 39.0 Å². The molecule has 4 atom stereocenters. The number of carboxylic acids is 2. The fourth-order valence-electron chi connectivity index (χ4n) is 3.59. The van der Waals surface area contributed by atoms with Crippen molar-refractivity contribution in [3.63, 3.8) is 0 Å². The predicted octanol–water partition coefficient (Wildman–Crippen LogP) is -2.60. The molecule has 0 fully saturated rings. The smallest absolute Gasteiger partial charge is 0.326 e. The van der Waals surface area contributed by atoms with Gasteiger partial charge in [0.25, 0.3) is 0 Å². The highest BCUT2D eigenvalue weighted by molar-refractivity contribution is 5.95. The molecule has 0 aliphatic rings. The van der Waals surface area contributed by atoms with Crippen LogP contribution in [0.5, 0.6) is 0 Å². The number of amides is 4. The molecule has 0 spiro atoms. The van der Waals surface area contributed by atoms with Crippen LogP contribution in [0.4, 0.5) is 0 Å². The van der Waals surface area contributed by atoms with Gasteiger partial charge in [-0.05, 0) is 24.3 Å². The van der Waals surface area contributed by atoms with E-state index in [1.807, 2.05) is 0 Å². The first-order chi connectivity index (χ1) is 19.7. The lowest BCUT2D eigenvalue weighted by atomic mass is 10.0. The first-order valence-corrected chi connectivity index (χ1v) is 13.2. The Hall–Kier alpha value is -4.73. The first kappa shape index (κ1) is 35.3. The molecule has 3 unspecified atom stereocenters. The highest BCUT2D eigenvalue weighted by Gasteiger charge is 2.29. The second-order valence-corrected chi connectivity index (χ2v) is 9.80. The van der Waals surface area contributed by atoms with Gasteiger partial charge in [-0.25, -0.2) is 4.79 Å². The number of nitrogens with one attached hydrogen (secondary N) is 4. The Labute approximate surface area is 242 Å². The van der Waals surface area contributed by atoms with Crippen molar-refractivity contribution in [3.05, 3.63) is 35.9 Å². The molecule has 0 heterocycles. The summed E-state index contributed by atoms with van der Waals surface area (Å²) in [5.74, 6) is -6.44. The van der Waals surface area contributed by atoms with Gasteiger partial charge >= 0.3 is 11.9 Å². The van der Waals surface area contributed by atoms with E-state index in [0.717, 1.165) is 0 Å². The Morgan fingerprint density at radius 3 is 2.02 bits per heavy atom. The number of rotatable bonds is 18. The van der Waals surface area contributed by atoms with Crippen molar-refractivity contribution in [3.8, 4) is 0 Å². The number of hydrogen-bond acceptors (Lipinski definition) is 8. The molecule has 16 nitrogen and oxygen atoms in total. The number of aliphatic imine (C=N–C) groups is 1. The molecule has 16 heteroatoms. The normalized spacial score (nSPS) is 13.5. The molecule has 0 aliphatic carbocycles. The minimum Gasteiger partial charge on any atom is -0.481 e. The molecule has 0 saturated heterocycles. The number of benzene rings is 1. The van der Waals surface area contributed by atoms with Gasteiger partial charge in [-0.15, -0.1) is 0 Å². The monoisotopic (exact) mass is 592 g/mol. The number of carboxylic acid groups (broad SMARTS) is 2. The average Bonchev–Trinajstić information content (AvgIpc) is 2.92. The second-order valence-electron chi connectivity index (χ2n) is 9.80. The fourth-order valence-corrected chi connectivity index (χ4v) is 3.59. The SMILES string of the molecule is CC(C)C(N)C(=O)NC(CCCN=C(N)N)C(=O)NCC(=O)NC(CC(=O)O)C(=O)N[C@H](Cc1ccccc1)C(=O)O. The first-order valence-electron chi connectivity index (χ1n) is 13.2. The van der Waals surface area contributed by atoms with E-state index >= 15 is 0 Å². The van der Waals surface area contributed by atoms with E-state index in [-0.39, 0.29) is 31.3 Å². The molecule has 0 radical (unpaired) electrons. The van der Waals surface area contributed by atoms with Crippen molar-refractivity contribution in [2.75, 3.05) is 13.1 Å². The highest BCUT2D eigenvalue weighted by Crippen LogP contribution is 2.06. The maximum Gasteiger partial charge on any atom is 0.326 e. The van der Waals surface area contributed by atoms with Gasteiger partial charge in [0.05, 0.1) is 19.0 Å². The van der Waals surface area contributed by atoms with E-state index in [0.29, 0.717) is 12.0 Å². The number of hydrogen-bond donors (Lipinski definition) is 9. The van der Waals surface area contributed by atoms with Crippen molar-refractivity contribution >= 4 is 41.5 Å². The zero-order valence-corrected chi connectivity index (χ0v) is 23.5. The summed E-state index contributed by atoms with van der Waals surface area (Å²) in [6, 6.07) is 3.41. The summed E-state index contributed by atoms with van der Waals surface area (Å²) in [5.41, 5.74) is 17.1. The zero-order chi connectivity index (χ0) is 31.8. The van der Waals surface area contributed by atoms with Crippen molar-refractivity contribution in [1.29, 1.82) is 0 Å². The Morgan fingerprint density at radius 2 is 1.48 bits per heavy atom. The maximum atomic E-state index is 12.8. The molecule has 1 rings (SSSR count). The molecular weight excluding hydrogens is 552 g/mol. The molecule has 0 saturated carbocycles. The van der Waals surface area contributed by atoms with Gasteiger partial charge in [0.1, 0.15) is 18.1 Å². The van der Waals surface area contributed by atoms with Crippen molar-refractivity contribution in [1.82, 2.24) is 21.3 Å². The average molecular weight is 593 g/mol. The number of nitrogens with two attached hydrogens (primary N) is 3. The lowest BCUT2D eigenvalue weighted by Crippen LogP contribution is -2.56. The van der Waals surface area contributed by atoms with E-state index < -0.39 is 72.7 Å². The fraction of sp³-hybridized carbons (Fsp3) is 0.500. The van der Waals surface area contributed by atoms with E-state index in [4.69, 9.17) is 17.2 Å². The van der Waals surface area contributed by atoms with Gasteiger partial charge in [0.15, 0.2) is 5.96 Å². The number of aliphatic carboxylic acids is 2. The lowest BCUT2D eigenvalue weighted by molar-refractivity contribution is -0.143. The van der Waals surface area contributed by atoms with Crippen LogP contribution in [0.1, 0.15) is 38.7 Å². The molecule has 1 aromatic rings. The standard InChI is InChI=1S/C26H40N8O8/c1-14(2)21(27)24(40)33-16(9-6-10-30-26(28)29)22(38)31-13-19(35)32-17(12-20(36)37)23(39)34-18(25(41)42)11-15-7-4-3-5-8-15/h3-5,7-8,14,16-18,21H,6,9-13,27H2,1-2H3,(H,31,38)(H,32,35)(H,33,40)(H,34,39)(H,36,37)(H,41,42)(H4,28,29,30)/t16?,17?,18-,21?/m1/s1. The van der Waals surface area contributed by atoms with Crippen LogP contribution in [0.25, 0.3) is 0 Å². The topological polar surface area (TPSA) is 281 Å².